The first-order chi connectivity index (χ1) is 9.14. The molecule has 0 aliphatic heterocycles. The SMILES string of the molecule is CCC(CN)C(NC)c1ccc(OC)c(C)c1OC. The Bertz CT molecular complexity index is 403. The van der Waals surface area contributed by atoms with E-state index < -0.39 is 0 Å². The van der Waals surface area contributed by atoms with Crippen LogP contribution in [0.15, 0.2) is 12.1 Å². The van der Waals surface area contributed by atoms with E-state index in [0.717, 1.165) is 29.0 Å². The number of hydrogen-bond acceptors (Lipinski definition) is 4. The van der Waals surface area contributed by atoms with Gasteiger partial charge in [-0.1, -0.05) is 19.4 Å². The molecule has 1 aromatic carbocycles. The highest BCUT2D eigenvalue weighted by Crippen LogP contribution is 2.37. The Labute approximate surface area is 116 Å². The van der Waals surface area contributed by atoms with Gasteiger partial charge in [-0.05, 0) is 32.5 Å². The van der Waals surface area contributed by atoms with Crippen molar-refractivity contribution in [1.82, 2.24) is 5.32 Å². The summed E-state index contributed by atoms with van der Waals surface area (Å²) in [6.45, 7) is 4.82. The first-order valence-electron chi connectivity index (χ1n) is 6.73. The largest absolute Gasteiger partial charge is 0.496 e. The van der Waals surface area contributed by atoms with Crippen molar-refractivity contribution in [2.75, 3.05) is 27.8 Å². The highest BCUT2D eigenvalue weighted by atomic mass is 16.5. The predicted octanol–water partition coefficient (Wildman–Crippen LogP) is 2.26. The number of methoxy groups -OCH3 is 2. The number of benzene rings is 1. The predicted molar refractivity (Wildman–Crippen MR) is 78.9 cm³/mol. The molecule has 0 fully saturated rings. The maximum absolute atomic E-state index is 5.88. The van der Waals surface area contributed by atoms with Crippen LogP contribution in [0.2, 0.25) is 0 Å². The second kappa shape index (κ2) is 7.36. The molecule has 0 saturated carbocycles. The molecular weight excluding hydrogens is 240 g/mol. The first-order valence-corrected chi connectivity index (χ1v) is 6.73. The zero-order chi connectivity index (χ0) is 14.4. The molecule has 0 spiro atoms. The lowest BCUT2D eigenvalue weighted by Crippen LogP contribution is -2.30. The summed E-state index contributed by atoms with van der Waals surface area (Å²) in [6.07, 6.45) is 1.02. The van der Waals surface area contributed by atoms with Gasteiger partial charge >= 0.3 is 0 Å². The van der Waals surface area contributed by atoms with Crippen LogP contribution in [-0.2, 0) is 0 Å². The molecular formula is C15H26N2O2. The lowest BCUT2D eigenvalue weighted by Gasteiger charge is -2.27. The monoisotopic (exact) mass is 266 g/mol. The number of ether oxygens (including phenoxy) is 2. The van der Waals surface area contributed by atoms with E-state index in [0.29, 0.717) is 12.5 Å². The molecule has 0 aliphatic rings. The highest BCUT2D eigenvalue weighted by Gasteiger charge is 2.24. The van der Waals surface area contributed by atoms with E-state index in [1.165, 1.54) is 0 Å². The molecule has 0 aromatic heterocycles. The number of nitrogens with one attached hydrogen (secondary N) is 1. The molecule has 0 radical (unpaired) electrons. The lowest BCUT2D eigenvalue weighted by atomic mass is 9.89. The molecule has 0 saturated heterocycles. The van der Waals surface area contributed by atoms with Crippen molar-refractivity contribution in [3.05, 3.63) is 23.3 Å². The second-order valence-corrected chi connectivity index (χ2v) is 4.69. The van der Waals surface area contributed by atoms with E-state index in [1.54, 1.807) is 14.2 Å². The molecule has 0 amide bonds. The summed E-state index contributed by atoms with van der Waals surface area (Å²) in [5.41, 5.74) is 8.04. The third-order valence-electron chi connectivity index (χ3n) is 3.76. The van der Waals surface area contributed by atoms with Gasteiger partial charge in [0.1, 0.15) is 11.5 Å². The van der Waals surface area contributed by atoms with Crippen LogP contribution in [0.4, 0.5) is 0 Å². The Balaban J connectivity index is 3.27. The quantitative estimate of drug-likeness (QED) is 0.795. The van der Waals surface area contributed by atoms with Crippen molar-refractivity contribution < 1.29 is 9.47 Å². The van der Waals surface area contributed by atoms with Crippen molar-refractivity contribution in [1.29, 1.82) is 0 Å². The molecule has 0 heterocycles. The van der Waals surface area contributed by atoms with Crippen LogP contribution < -0.4 is 20.5 Å². The molecule has 0 aliphatic carbocycles. The van der Waals surface area contributed by atoms with Crippen LogP contribution in [-0.4, -0.2) is 27.8 Å². The Morgan fingerprint density at radius 3 is 2.37 bits per heavy atom. The van der Waals surface area contributed by atoms with Gasteiger partial charge in [0.2, 0.25) is 0 Å². The van der Waals surface area contributed by atoms with Gasteiger partial charge in [-0.25, -0.2) is 0 Å². The Kier molecular flexibility index (Phi) is 6.12. The lowest BCUT2D eigenvalue weighted by molar-refractivity contribution is 0.346. The van der Waals surface area contributed by atoms with E-state index in [1.807, 2.05) is 20.0 Å². The topological polar surface area (TPSA) is 56.5 Å². The number of rotatable bonds is 7. The number of nitrogens with two attached hydrogens (primary N) is 1. The smallest absolute Gasteiger partial charge is 0.130 e. The van der Waals surface area contributed by atoms with E-state index >= 15 is 0 Å². The van der Waals surface area contributed by atoms with Crippen LogP contribution in [0.3, 0.4) is 0 Å². The van der Waals surface area contributed by atoms with Gasteiger partial charge in [0.05, 0.1) is 14.2 Å². The molecule has 4 heteroatoms. The van der Waals surface area contributed by atoms with E-state index in [2.05, 4.69) is 18.3 Å². The molecule has 4 nitrogen and oxygen atoms in total. The van der Waals surface area contributed by atoms with Crippen LogP contribution in [0.5, 0.6) is 11.5 Å². The molecule has 108 valence electrons. The summed E-state index contributed by atoms with van der Waals surface area (Å²) in [5, 5.41) is 3.36. The summed E-state index contributed by atoms with van der Waals surface area (Å²) in [6, 6.07) is 4.24. The van der Waals surface area contributed by atoms with Gasteiger partial charge in [-0.2, -0.15) is 0 Å². The minimum Gasteiger partial charge on any atom is -0.496 e. The summed E-state index contributed by atoms with van der Waals surface area (Å²) >= 11 is 0. The fraction of sp³-hybridized carbons (Fsp3) is 0.600. The van der Waals surface area contributed by atoms with Crippen molar-refractivity contribution >= 4 is 0 Å². The first kappa shape index (κ1) is 15.8. The van der Waals surface area contributed by atoms with Crippen molar-refractivity contribution in [2.45, 2.75) is 26.3 Å². The molecule has 0 bridgehead atoms. The third-order valence-corrected chi connectivity index (χ3v) is 3.76. The van der Waals surface area contributed by atoms with E-state index in [4.69, 9.17) is 15.2 Å². The molecule has 2 unspecified atom stereocenters. The molecule has 2 atom stereocenters. The Morgan fingerprint density at radius 1 is 1.26 bits per heavy atom. The molecule has 1 rings (SSSR count). The molecule has 19 heavy (non-hydrogen) atoms. The van der Waals surface area contributed by atoms with Crippen LogP contribution in [0, 0.1) is 12.8 Å². The standard InChI is InChI=1S/C15H26N2O2/c1-6-11(9-16)14(17-3)12-7-8-13(18-4)10(2)15(12)19-5/h7-8,11,14,17H,6,9,16H2,1-5H3. The average Bonchev–Trinajstić information content (AvgIpc) is 2.44. The van der Waals surface area contributed by atoms with Gasteiger partial charge in [0, 0.05) is 17.2 Å². The second-order valence-electron chi connectivity index (χ2n) is 4.69. The van der Waals surface area contributed by atoms with E-state index in [9.17, 15) is 0 Å². The minimum atomic E-state index is 0.189. The molecule has 1 aromatic rings. The zero-order valence-corrected chi connectivity index (χ0v) is 12.6. The van der Waals surface area contributed by atoms with Crippen molar-refractivity contribution in [2.24, 2.45) is 11.7 Å². The Hall–Kier alpha value is -1.26. The van der Waals surface area contributed by atoms with Crippen molar-refractivity contribution in [3.63, 3.8) is 0 Å². The summed E-state index contributed by atoms with van der Waals surface area (Å²) in [7, 11) is 5.33. The van der Waals surface area contributed by atoms with Crippen LogP contribution in [0.25, 0.3) is 0 Å². The fourth-order valence-electron chi connectivity index (χ4n) is 2.62. The van der Waals surface area contributed by atoms with E-state index in [-0.39, 0.29) is 6.04 Å². The molecule has 3 N–H and O–H groups in total. The summed E-state index contributed by atoms with van der Waals surface area (Å²) in [5.74, 6) is 2.11. The van der Waals surface area contributed by atoms with Gasteiger partial charge in [0.25, 0.3) is 0 Å². The highest BCUT2D eigenvalue weighted by molar-refractivity contribution is 5.50. The summed E-state index contributed by atoms with van der Waals surface area (Å²) < 4.78 is 10.9. The summed E-state index contributed by atoms with van der Waals surface area (Å²) in [4.78, 5) is 0. The van der Waals surface area contributed by atoms with Crippen LogP contribution in [0.1, 0.15) is 30.5 Å². The fourth-order valence-corrected chi connectivity index (χ4v) is 2.62. The van der Waals surface area contributed by atoms with Gasteiger partial charge < -0.3 is 20.5 Å². The van der Waals surface area contributed by atoms with Gasteiger partial charge in [-0.15, -0.1) is 0 Å². The minimum absolute atomic E-state index is 0.189. The number of hydrogen-bond donors (Lipinski definition) is 2. The Morgan fingerprint density at radius 2 is 1.95 bits per heavy atom. The maximum Gasteiger partial charge on any atom is 0.130 e. The maximum atomic E-state index is 5.88. The van der Waals surface area contributed by atoms with Crippen LogP contribution >= 0.6 is 0 Å². The van der Waals surface area contributed by atoms with Crippen molar-refractivity contribution in [3.8, 4) is 11.5 Å². The zero-order valence-electron chi connectivity index (χ0n) is 12.6. The van der Waals surface area contributed by atoms with Gasteiger partial charge in [0.15, 0.2) is 0 Å². The average molecular weight is 266 g/mol. The normalized spacial score (nSPS) is 14.0. The van der Waals surface area contributed by atoms with Gasteiger partial charge in [-0.3, -0.25) is 0 Å². The third kappa shape index (κ3) is 3.19.